The topological polar surface area (TPSA) is 80.9 Å². The molecule has 0 fully saturated rings. The van der Waals surface area contributed by atoms with Crippen LogP contribution in [0.5, 0.6) is 5.75 Å². The lowest BCUT2D eigenvalue weighted by atomic mass is 9.96. The van der Waals surface area contributed by atoms with Crippen LogP contribution in [0.15, 0.2) is 68.0 Å². The Morgan fingerprint density at radius 3 is 2.75 bits per heavy atom. The molecule has 0 bridgehead atoms. The van der Waals surface area contributed by atoms with Gasteiger partial charge in [-0.3, -0.25) is 9.36 Å². The van der Waals surface area contributed by atoms with Crippen molar-refractivity contribution >= 4 is 50.9 Å². The van der Waals surface area contributed by atoms with Gasteiger partial charge in [0.1, 0.15) is 5.75 Å². The van der Waals surface area contributed by atoms with Crippen molar-refractivity contribution in [1.82, 2.24) is 4.57 Å². The minimum absolute atomic E-state index is 0.0248. The number of aromatic nitrogens is 1. The first-order valence-electron chi connectivity index (χ1n) is 9.74. The zero-order valence-electron chi connectivity index (χ0n) is 17.1. The summed E-state index contributed by atoms with van der Waals surface area (Å²) in [6.45, 7) is 3.68. The highest BCUT2D eigenvalue weighted by Crippen LogP contribution is 2.32. The van der Waals surface area contributed by atoms with Crippen LogP contribution >= 0.6 is 38.9 Å². The highest BCUT2D eigenvalue weighted by atomic mass is 79.9. The van der Waals surface area contributed by atoms with Crippen molar-refractivity contribution in [2.45, 2.75) is 19.9 Å². The van der Waals surface area contributed by atoms with Crippen molar-refractivity contribution < 1.29 is 14.6 Å². The first-order valence-corrected chi connectivity index (χ1v) is 11.7. The molecule has 3 aromatic rings. The Kier molecular flexibility index (Phi) is 6.37. The second-order valence-electron chi connectivity index (χ2n) is 7.04. The maximum absolute atomic E-state index is 13.5. The van der Waals surface area contributed by atoms with E-state index in [2.05, 4.69) is 20.9 Å². The number of halogens is 2. The molecule has 0 aliphatic carbocycles. The molecule has 0 spiro atoms. The van der Waals surface area contributed by atoms with Gasteiger partial charge in [0.05, 0.1) is 32.9 Å². The van der Waals surface area contributed by atoms with E-state index in [4.69, 9.17) is 16.3 Å². The van der Waals surface area contributed by atoms with Gasteiger partial charge in [-0.2, -0.15) is 0 Å². The summed E-state index contributed by atoms with van der Waals surface area (Å²) in [7, 11) is 0. The predicted octanol–water partition coefficient (Wildman–Crippen LogP) is 3.92. The summed E-state index contributed by atoms with van der Waals surface area (Å²) >= 11 is 10.6. The Morgan fingerprint density at radius 2 is 2.06 bits per heavy atom. The molecule has 1 atom stereocenters. The van der Waals surface area contributed by atoms with Crippen molar-refractivity contribution in [3.8, 4) is 5.75 Å². The van der Waals surface area contributed by atoms with E-state index in [-0.39, 0.29) is 17.9 Å². The lowest BCUT2D eigenvalue weighted by Gasteiger charge is -2.24. The number of hydrogen-bond donors (Lipinski definition) is 1. The number of fused-ring (bicyclic) bond motifs is 1. The van der Waals surface area contributed by atoms with E-state index >= 15 is 0 Å². The second kappa shape index (κ2) is 9.05. The number of esters is 1. The fourth-order valence-corrected chi connectivity index (χ4v) is 5.45. The van der Waals surface area contributed by atoms with Crippen molar-refractivity contribution in [1.29, 1.82) is 0 Å². The highest BCUT2D eigenvalue weighted by Gasteiger charge is 2.33. The first-order chi connectivity index (χ1) is 15.3. The maximum atomic E-state index is 13.5. The van der Waals surface area contributed by atoms with E-state index in [1.165, 1.54) is 15.9 Å². The van der Waals surface area contributed by atoms with Crippen LogP contribution in [0.1, 0.15) is 31.0 Å². The van der Waals surface area contributed by atoms with Crippen LogP contribution < -0.4 is 14.9 Å². The number of rotatable bonds is 4. The molecule has 9 heteroatoms. The number of benzene rings is 2. The highest BCUT2D eigenvalue weighted by molar-refractivity contribution is 9.10. The van der Waals surface area contributed by atoms with E-state index in [0.29, 0.717) is 35.7 Å². The van der Waals surface area contributed by atoms with Crippen LogP contribution in [0, 0.1) is 0 Å². The molecular formula is C23H18BrClN2O4S. The quantitative estimate of drug-likeness (QED) is 0.516. The molecule has 1 aliphatic heterocycles. The monoisotopic (exact) mass is 532 g/mol. The molecule has 32 heavy (non-hydrogen) atoms. The molecule has 1 aromatic heterocycles. The van der Waals surface area contributed by atoms with E-state index in [9.17, 15) is 14.7 Å². The Bertz CT molecular complexity index is 1430. The Morgan fingerprint density at radius 1 is 1.34 bits per heavy atom. The molecule has 2 heterocycles. The molecule has 1 aliphatic rings. The summed E-state index contributed by atoms with van der Waals surface area (Å²) in [4.78, 5) is 31.3. The van der Waals surface area contributed by atoms with Crippen LogP contribution in [0.3, 0.4) is 0 Å². The minimum atomic E-state index is -0.673. The summed E-state index contributed by atoms with van der Waals surface area (Å²) in [5, 5.41) is 10.8. The van der Waals surface area contributed by atoms with Gasteiger partial charge < -0.3 is 9.84 Å². The summed E-state index contributed by atoms with van der Waals surface area (Å²) in [5.41, 5.74) is 1.66. The van der Waals surface area contributed by atoms with E-state index < -0.39 is 12.0 Å². The van der Waals surface area contributed by atoms with Crippen LogP contribution in [0.25, 0.3) is 6.08 Å². The number of phenols is 1. The Balaban J connectivity index is 1.98. The largest absolute Gasteiger partial charge is 0.506 e. The number of hydrogen-bond acceptors (Lipinski definition) is 6. The fourth-order valence-electron chi connectivity index (χ4n) is 3.58. The fraction of sp³-hybridized carbons (Fsp3) is 0.174. The van der Waals surface area contributed by atoms with Gasteiger partial charge in [0.25, 0.3) is 5.56 Å². The van der Waals surface area contributed by atoms with Crippen LogP contribution in [0.2, 0.25) is 5.02 Å². The number of nitrogens with zero attached hydrogens (tertiary/aromatic N) is 2. The SMILES string of the molecule is CCOC(=O)C1=C(C)N=c2s/c(=C\c3cc(Cl)cc(Br)c3O)c(=O)n2[C@H]1c1ccccc1. The molecule has 1 N–H and O–H groups in total. The van der Waals surface area contributed by atoms with Gasteiger partial charge in [-0.15, -0.1) is 0 Å². The average molecular weight is 534 g/mol. The van der Waals surface area contributed by atoms with Crippen LogP contribution in [0.4, 0.5) is 0 Å². The summed E-state index contributed by atoms with van der Waals surface area (Å²) < 4.78 is 7.55. The molecular weight excluding hydrogens is 516 g/mol. The molecule has 0 saturated carbocycles. The smallest absolute Gasteiger partial charge is 0.338 e. The predicted molar refractivity (Wildman–Crippen MR) is 128 cm³/mol. The molecule has 0 amide bonds. The van der Waals surface area contributed by atoms with Crippen LogP contribution in [-0.4, -0.2) is 22.2 Å². The molecule has 0 unspecified atom stereocenters. The van der Waals surface area contributed by atoms with Crippen molar-refractivity contribution in [3.05, 3.63) is 94.0 Å². The molecule has 0 radical (unpaired) electrons. The Labute approximate surface area is 200 Å². The van der Waals surface area contributed by atoms with Gasteiger partial charge in [-0.1, -0.05) is 53.3 Å². The van der Waals surface area contributed by atoms with E-state index in [1.54, 1.807) is 32.1 Å². The van der Waals surface area contributed by atoms with Gasteiger partial charge >= 0.3 is 5.97 Å². The Hall–Kier alpha value is -2.68. The van der Waals surface area contributed by atoms with Gasteiger partial charge in [0.2, 0.25) is 0 Å². The third-order valence-electron chi connectivity index (χ3n) is 4.98. The number of allylic oxidation sites excluding steroid dienone is 1. The number of carbonyl (C=O) groups excluding carboxylic acids is 1. The van der Waals surface area contributed by atoms with Gasteiger partial charge in [0.15, 0.2) is 4.80 Å². The maximum Gasteiger partial charge on any atom is 0.338 e. The zero-order valence-corrected chi connectivity index (χ0v) is 20.3. The number of phenolic OH excluding ortho intramolecular Hbond substituents is 1. The number of ether oxygens (including phenoxy) is 1. The number of thiazole rings is 1. The molecule has 6 nitrogen and oxygen atoms in total. The third kappa shape index (κ3) is 4.05. The van der Waals surface area contributed by atoms with Gasteiger partial charge in [0, 0.05) is 10.6 Å². The molecule has 4 rings (SSSR count). The van der Waals surface area contributed by atoms with Crippen molar-refractivity contribution in [3.63, 3.8) is 0 Å². The second-order valence-corrected chi connectivity index (χ2v) is 9.34. The van der Waals surface area contributed by atoms with Gasteiger partial charge in [-0.25, -0.2) is 9.79 Å². The van der Waals surface area contributed by atoms with E-state index in [1.807, 2.05) is 30.3 Å². The van der Waals surface area contributed by atoms with Crippen LogP contribution in [-0.2, 0) is 9.53 Å². The third-order valence-corrected chi connectivity index (χ3v) is 6.78. The van der Waals surface area contributed by atoms with E-state index in [0.717, 1.165) is 5.56 Å². The van der Waals surface area contributed by atoms with Crippen molar-refractivity contribution in [2.75, 3.05) is 6.61 Å². The first kappa shape index (κ1) is 22.5. The minimum Gasteiger partial charge on any atom is -0.506 e. The lowest BCUT2D eigenvalue weighted by Crippen LogP contribution is -2.39. The zero-order chi connectivity index (χ0) is 23.0. The van der Waals surface area contributed by atoms with Crippen molar-refractivity contribution in [2.24, 2.45) is 4.99 Å². The summed E-state index contributed by atoms with van der Waals surface area (Å²) in [6.07, 6.45) is 1.57. The van der Waals surface area contributed by atoms with Gasteiger partial charge in [-0.05, 0) is 53.5 Å². The summed E-state index contributed by atoms with van der Waals surface area (Å²) in [6, 6.07) is 11.8. The molecule has 164 valence electrons. The molecule has 2 aromatic carbocycles. The standard InChI is InChI=1S/C23H18BrClN2O4S/c1-3-31-22(30)18-12(2)26-23-27(19(18)13-7-5-4-6-8-13)21(29)17(32-23)10-14-9-15(25)11-16(24)20(14)28/h4-11,19,28H,3H2,1-2H3/b17-10-/t19-/m0/s1. The number of carbonyl (C=O) groups is 1. The number of aromatic hydroxyl groups is 1. The lowest BCUT2D eigenvalue weighted by molar-refractivity contribution is -0.139. The summed E-state index contributed by atoms with van der Waals surface area (Å²) in [5.74, 6) is -0.531. The average Bonchev–Trinajstić information content (AvgIpc) is 3.06. The molecule has 0 saturated heterocycles. The normalized spacial score (nSPS) is 16.0.